The summed E-state index contributed by atoms with van der Waals surface area (Å²) in [6.07, 6.45) is 10.2. The molecule has 0 saturated carbocycles. The molecule has 1 unspecified atom stereocenters. The lowest BCUT2D eigenvalue weighted by atomic mass is 9.89. The highest BCUT2D eigenvalue weighted by atomic mass is 16.5. The molecular formula is C25H37N3O. The van der Waals surface area contributed by atoms with Crippen molar-refractivity contribution in [3.8, 4) is 17.0 Å². The number of benzene rings is 1. The second kappa shape index (κ2) is 10.1. The molecule has 1 aliphatic rings. The first kappa shape index (κ1) is 21.6. The largest absolute Gasteiger partial charge is 0.496 e. The Morgan fingerprint density at radius 2 is 1.69 bits per heavy atom. The number of aromatic nitrogens is 2. The van der Waals surface area contributed by atoms with Crippen molar-refractivity contribution in [2.75, 3.05) is 12.4 Å². The molecule has 4 nitrogen and oxygen atoms in total. The maximum absolute atomic E-state index is 5.79. The SMILES string of the molecule is CCCCC(C)Nc1nc(CC)c(-c2cc3c(cc2OC)CCCC3)nc1CC. The van der Waals surface area contributed by atoms with Gasteiger partial charge in [-0.2, -0.15) is 0 Å². The van der Waals surface area contributed by atoms with Gasteiger partial charge in [-0.05, 0) is 75.1 Å². The van der Waals surface area contributed by atoms with Crippen LogP contribution in [-0.2, 0) is 25.7 Å². The summed E-state index contributed by atoms with van der Waals surface area (Å²) in [7, 11) is 1.76. The fraction of sp³-hybridized carbons (Fsp3) is 0.600. The summed E-state index contributed by atoms with van der Waals surface area (Å²) < 4.78 is 5.79. The molecule has 1 N–H and O–H groups in total. The van der Waals surface area contributed by atoms with E-state index in [9.17, 15) is 0 Å². The molecule has 0 radical (unpaired) electrons. The fourth-order valence-corrected chi connectivity index (χ4v) is 4.26. The van der Waals surface area contributed by atoms with Gasteiger partial charge in [0, 0.05) is 11.6 Å². The zero-order valence-electron chi connectivity index (χ0n) is 18.9. The average molecular weight is 396 g/mol. The van der Waals surface area contributed by atoms with Crippen LogP contribution >= 0.6 is 0 Å². The van der Waals surface area contributed by atoms with E-state index in [1.54, 1.807) is 7.11 Å². The molecule has 1 atom stereocenters. The first-order chi connectivity index (χ1) is 14.1. The number of hydrogen-bond donors (Lipinski definition) is 1. The first-order valence-electron chi connectivity index (χ1n) is 11.5. The first-order valence-corrected chi connectivity index (χ1v) is 11.5. The molecule has 0 amide bonds. The Morgan fingerprint density at radius 3 is 2.31 bits per heavy atom. The van der Waals surface area contributed by atoms with E-state index in [2.05, 4.69) is 45.1 Å². The number of fused-ring (bicyclic) bond motifs is 1. The monoisotopic (exact) mass is 395 g/mol. The van der Waals surface area contributed by atoms with Crippen LogP contribution in [0.15, 0.2) is 12.1 Å². The highest BCUT2D eigenvalue weighted by Crippen LogP contribution is 2.37. The maximum Gasteiger partial charge on any atom is 0.148 e. The molecule has 1 aromatic carbocycles. The van der Waals surface area contributed by atoms with Crippen molar-refractivity contribution >= 4 is 5.82 Å². The lowest BCUT2D eigenvalue weighted by Crippen LogP contribution is -2.19. The van der Waals surface area contributed by atoms with Crippen LogP contribution in [0.4, 0.5) is 5.82 Å². The quantitative estimate of drug-likeness (QED) is 0.553. The minimum atomic E-state index is 0.406. The molecular weight excluding hydrogens is 358 g/mol. The van der Waals surface area contributed by atoms with E-state index in [0.29, 0.717) is 6.04 Å². The number of anilines is 1. The van der Waals surface area contributed by atoms with E-state index in [0.717, 1.165) is 66.3 Å². The lowest BCUT2D eigenvalue weighted by molar-refractivity contribution is 0.415. The number of nitrogens with zero attached hydrogens (tertiary/aromatic N) is 2. The van der Waals surface area contributed by atoms with E-state index < -0.39 is 0 Å². The average Bonchev–Trinajstić information content (AvgIpc) is 2.76. The summed E-state index contributed by atoms with van der Waals surface area (Å²) in [5.41, 5.74) is 7.05. The summed E-state index contributed by atoms with van der Waals surface area (Å²) >= 11 is 0. The number of hydrogen-bond acceptors (Lipinski definition) is 4. The third kappa shape index (κ3) is 4.91. The summed E-state index contributed by atoms with van der Waals surface area (Å²) in [5.74, 6) is 1.88. The third-order valence-corrected chi connectivity index (χ3v) is 6.00. The van der Waals surface area contributed by atoms with Crippen LogP contribution in [0.25, 0.3) is 11.3 Å². The number of methoxy groups -OCH3 is 1. The van der Waals surface area contributed by atoms with Gasteiger partial charge in [-0.3, -0.25) is 0 Å². The van der Waals surface area contributed by atoms with Crippen molar-refractivity contribution < 1.29 is 4.74 Å². The molecule has 158 valence electrons. The molecule has 1 heterocycles. The molecule has 0 bridgehead atoms. The van der Waals surface area contributed by atoms with Gasteiger partial charge in [0.1, 0.15) is 11.6 Å². The molecule has 1 aliphatic carbocycles. The second-order valence-corrected chi connectivity index (χ2v) is 8.24. The topological polar surface area (TPSA) is 47.0 Å². The van der Waals surface area contributed by atoms with Crippen molar-refractivity contribution in [2.45, 2.75) is 91.5 Å². The Morgan fingerprint density at radius 1 is 1.00 bits per heavy atom. The molecule has 2 aromatic rings. The maximum atomic E-state index is 5.79. The molecule has 0 aliphatic heterocycles. The van der Waals surface area contributed by atoms with Crippen LogP contribution in [0.5, 0.6) is 5.75 Å². The molecule has 1 aromatic heterocycles. The molecule has 3 rings (SSSR count). The summed E-state index contributed by atoms with van der Waals surface area (Å²) in [4.78, 5) is 10.2. The van der Waals surface area contributed by atoms with Crippen molar-refractivity contribution in [1.29, 1.82) is 0 Å². The van der Waals surface area contributed by atoms with Crippen LogP contribution in [0, 0.1) is 0 Å². The zero-order valence-corrected chi connectivity index (χ0v) is 18.9. The predicted octanol–water partition coefficient (Wildman–Crippen LogP) is 6.15. The van der Waals surface area contributed by atoms with Gasteiger partial charge in [0.25, 0.3) is 0 Å². The van der Waals surface area contributed by atoms with E-state index in [4.69, 9.17) is 14.7 Å². The summed E-state index contributed by atoms with van der Waals surface area (Å²) in [5, 5.41) is 3.62. The van der Waals surface area contributed by atoms with Crippen LogP contribution in [0.1, 0.15) is 82.3 Å². The third-order valence-electron chi connectivity index (χ3n) is 6.00. The highest BCUT2D eigenvalue weighted by molar-refractivity contribution is 5.72. The summed E-state index contributed by atoms with van der Waals surface area (Å²) in [6, 6.07) is 4.95. The number of nitrogens with one attached hydrogen (secondary N) is 1. The predicted molar refractivity (Wildman–Crippen MR) is 122 cm³/mol. The number of unbranched alkanes of at least 4 members (excludes halogenated alkanes) is 1. The van der Waals surface area contributed by atoms with Gasteiger partial charge in [0.15, 0.2) is 0 Å². The van der Waals surface area contributed by atoms with E-state index >= 15 is 0 Å². The molecule has 4 heteroatoms. The Balaban J connectivity index is 2.03. The van der Waals surface area contributed by atoms with E-state index in [1.807, 2.05) is 0 Å². The normalized spacial score (nSPS) is 14.4. The van der Waals surface area contributed by atoms with Gasteiger partial charge in [0.05, 0.1) is 24.2 Å². The Kier molecular flexibility index (Phi) is 7.51. The smallest absolute Gasteiger partial charge is 0.148 e. The van der Waals surface area contributed by atoms with Gasteiger partial charge in [-0.1, -0.05) is 33.6 Å². The Labute approximate surface area is 176 Å². The van der Waals surface area contributed by atoms with Crippen molar-refractivity contribution in [3.63, 3.8) is 0 Å². The van der Waals surface area contributed by atoms with Gasteiger partial charge < -0.3 is 10.1 Å². The fourth-order valence-electron chi connectivity index (χ4n) is 4.26. The van der Waals surface area contributed by atoms with Crippen LogP contribution in [0.3, 0.4) is 0 Å². The number of rotatable bonds is 9. The van der Waals surface area contributed by atoms with Crippen LogP contribution in [0.2, 0.25) is 0 Å². The van der Waals surface area contributed by atoms with Gasteiger partial charge in [-0.25, -0.2) is 9.97 Å². The van der Waals surface area contributed by atoms with Crippen LogP contribution < -0.4 is 10.1 Å². The minimum Gasteiger partial charge on any atom is -0.496 e. The second-order valence-electron chi connectivity index (χ2n) is 8.24. The molecule has 0 saturated heterocycles. The standard InChI is InChI=1S/C25H37N3O/c1-6-9-12-17(4)26-25-22(8-3)27-24(21(7-2)28-25)20-15-18-13-10-11-14-19(18)16-23(20)29-5/h15-17H,6-14H2,1-5H3,(H,26,28). The van der Waals surface area contributed by atoms with E-state index in [-0.39, 0.29) is 0 Å². The van der Waals surface area contributed by atoms with Crippen LogP contribution in [-0.4, -0.2) is 23.1 Å². The Bertz CT molecular complexity index is 831. The lowest BCUT2D eigenvalue weighted by Gasteiger charge is -2.22. The van der Waals surface area contributed by atoms with Gasteiger partial charge in [-0.15, -0.1) is 0 Å². The van der Waals surface area contributed by atoms with E-state index in [1.165, 1.54) is 36.8 Å². The number of aryl methyl sites for hydroxylation is 4. The number of ether oxygens (including phenoxy) is 1. The molecule has 0 fully saturated rings. The minimum absolute atomic E-state index is 0.406. The zero-order chi connectivity index (χ0) is 20.8. The van der Waals surface area contributed by atoms with Gasteiger partial charge in [0.2, 0.25) is 0 Å². The molecule has 0 spiro atoms. The Hall–Kier alpha value is -2.10. The van der Waals surface area contributed by atoms with Crippen molar-refractivity contribution in [3.05, 3.63) is 34.6 Å². The highest BCUT2D eigenvalue weighted by Gasteiger charge is 2.20. The molecule has 29 heavy (non-hydrogen) atoms. The van der Waals surface area contributed by atoms with Gasteiger partial charge >= 0.3 is 0 Å². The summed E-state index contributed by atoms with van der Waals surface area (Å²) in [6.45, 7) is 8.79. The van der Waals surface area contributed by atoms with Crippen molar-refractivity contribution in [1.82, 2.24) is 9.97 Å². The van der Waals surface area contributed by atoms with Crippen molar-refractivity contribution in [2.24, 2.45) is 0 Å².